The third kappa shape index (κ3) is 3.95. The molecule has 0 aliphatic rings. The molecule has 0 radical (unpaired) electrons. The first-order valence-corrected chi connectivity index (χ1v) is 8.35. The summed E-state index contributed by atoms with van der Waals surface area (Å²) >= 11 is 0. The van der Waals surface area contributed by atoms with E-state index in [0.29, 0.717) is 18.1 Å². The van der Waals surface area contributed by atoms with Crippen molar-refractivity contribution in [1.29, 1.82) is 0 Å². The number of hydrogen-bond donors (Lipinski definition) is 2. The van der Waals surface area contributed by atoms with Gasteiger partial charge in [-0.1, -0.05) is 19.1 Å². The van der Waals surface area contributed by atoms with Crippen LogP contribution in [0.1, 0.15) is 19.4 Å². The van der Waals surface area contributed by atoms with Gasteiger partial charge in [0.2, 0.25) is 0 Å². The molecule has 1 heterocycles. The maximum atomic E-state index is 12.4. The van der Waals surface area contributed by atoms with E-state index < -0.39 is 10.0 Å². The zero-order chi connectivity index (χ0) is 15.3. The number of benzene rings is 1. The number of aromatic nitrogens is 1. The predicted molar refractivity (Wildman–Crippen MR) is 85.0 cm³/mol. The van der Waals surface area contributed by atoms with Gasteiger partial charge < -0.3 is 5.32 Å². The van der Waals surface area contributed by atoms with E-state index in [1.807, 2.05) is 32.0 Å². The predicted octanol–water partition coefficient (Wildman–Crippen LogP) is 2.88. The van der Waals surface area contributed by atoms with E-state index in [1.54, 1.807) is 6.07 Å². The van der Waals surface area contributed by atoms with Crippen LogP contribution in [0.2, 0.25) is 0 Å². The van der Waals surface area contributed by atoms with Crippen LogP contribution in [-0.4, -0.2) is 19.9 Å². The number of nitrogens with one attached hydrogen (secondary N) is 2. The lowest BCUT2D eigenvalue weighted by molar-refractivity contribution is 0.601. The van der Waals surface area contributed by atoms with Gasteiger partial charge in [-0.15, -0.1) is 0 Å². The van der Waals surface area contributed by atoms with Crippen molar-refractivity contribution >= 4 is 21.5 Å². The van der Waals surface area contributed by atoms with Crippen molar-refractivity contribution in [3.63, 3.8) is 0 Å². The van der Waals surface area contributed by atoms with Gasteiger partial charge in [0.05, 0.1) is 4.90 Å². The average molecular weight is 305 g/mol. The van der Waals surface area contributed by atoms with Gasteiger partial charge >= 0.3 is 0 Å². The second-order valence-corrected chi connectivity index (χ2v) is 6.25. The molecule has 0 amide bonds. The Hall–Kier alpha value is -2.08. The van der Waals surface area contributed by atoms with Crippen LogP contribution in [0.25, 0.3) is 0 Å². The summed E-state index contributed by atoms with van der Waals surface area (Å²) in [6.07, 6.45) is 2.34. The maximum absolute atomic E-state index is 12.4. The van der Waals surface area contributed by atoms with Crippen molar-refractivity contribution in [1.82, 2.24) is 4.98 Å². The monoisotopic (exact) mass is 305 g/mol. The lowest BCUT2D eigenvalue weighted by Gasteiger charge is -2.10. The number of hydrogen-bond acceptors (Lipinski definition) is 4. The molecule has 1 aromatic heterocycles. The first kappa shape index (κ1) is 15.3. The number of aryl methyl sites for hydroxylation is 1. The summed E-state index contributed by atoms with van der Waals surface area (Å²) in [5, 5.41) is 3.00. The fraction of sp³-hybridized carbons (Fsp3) is 0.267. The highest BCUT2D eigenvalue weighted by molar-refractivity contribution is 7.92. The summed E-state index contributed by atoms with van der Waals surface area (Å²) in [4.78, 5) is 4.26. The highest BCUT2D eigenvalue weighted by atomic mass is 32.2. The first-order valence-electron chi connectivity index (χ1n) is 6.87. The van der Waals surface area contributed by atoms with E-state index in [1.165, 1.54) is 18.3 Å². The Morgan fingerprint density at radius 1 is 1.14 bits per heavy atom. The van der Waals surface area contributed by atoms with E-state index in [4.69, 9.17) is 0 Å². The van der Waals surface area contributed by atoms with E-state index in [0.717, 1.165) is 12.0 Å². The second-order valence-electron chi connectivity index (χ2n) is 4.57. The Bertz CT molecular complexity index is 714. The Morgan fingerprint density at radius 3 is 2.67 bits per heavy atom. The van der Waals surface area contributed by atoms with Crippen LogP contribution in [0, 0.1) is 0 Å². The Labute approximate surface area is 125 Å². The van der Waals surface area contributed by atoms with Crippen molar-refractivity contribution in [3.8, 4) is 0 Å². The average Bonchev–Trinajstić information content (AvgIpc) is 2.48. The molecule has 0 aliphatic carbocycles. The number of nitrogens with zero attached hydrogens (tertiary/aromatic N) is 1. The molecule has 2 N–H and O–H groups in total. The molecule has 0 spiro atoms. The second kappa shape index (κ2) is 6.58. The fourth-order valence-corrected chi connectivity index (χ4v) is 2.99. The molecular weight excluding hydrogens is 286 g/mol. The van der Waals surface area contributed by atoms with Crippen molar-refractivity contribution < 1.29 is 8.42 Å². The molecule has 112 valence electrons. The van der Waals surface area contributed by atoms with Gasteiger partial charge in [0.15, 0.2) is 0 Å². The Balaban J connectivity index is 2.27. The van der Waals surface area contributed by atoms with Crippen LogP contribution in [-0.2, 0) is 16.4 Å². The molecule has 6 heteroatoms. The molecule has 0 aliphatic heterocycles. The minimum Gasteiger partial charge on any atom is -0.370 e. The quantitative estimate of drug-likeness (QED) is 0.861. The van der Waals surface area contributed by atoms with Crippen LogP contribution in [0.3, 0.4) is 0 Å². The van der Waals surface area contributed by atoms with Crippen LogP contribution >= 0.6 is 0 Å². The van der Waals surface area contributed by atoms with Crippen LogP contribution in [0.5, 0.6) is 0 Å². The van der Waals surface area contributed by atoms with Crippen LogP contribution in [0.15, 0.2) is 47.5 Å². The highest BCUT2D eigenvalue weighted by Gasteiger charge is 2.15. The van der Waals surface area contributed by atoms with Gasteiger partial charge in [-0.2, -0.15) is 0 Å². The van der Waals surface area contributed by atoms with E-state index >= 15 is 0 Å². The molecule has 2 rings (SSSR count). The van der Waals surface area contributed by atoms with E-state index in [2.05, 4.69) is 15.0 Å². The molecule has 0 fully saturated rings. The number of sulfonamides is 1. The van der Waals surface area contributed by atoms with Gasteiger partial charge in [0.1, 0.15) is 5.82 Å². The molecule has 0 saturated carbocycles. The SMILES string of the molecule is CCNc1cc(S(=O)(=O)Nc2cccc(CC)c2)ccn1. The lowest BCUT2D eigenvalue weighted by Crippen LogP contribution is -2.13. The minimum atomic E-state index is -3.61. The number of rotatable bonds is 6. The molecule has 21 heavy (non-hydrogen) atoms. The van der Waals surface area contributed by atoms with E-state index in [-0.39, 0.29) is 4.90 Å². The summed E-state index contributed by atoms with van der Waals surface area (Å²) in [7, 11) is -3.61. The fourth-order valence-electron chi connectivity index (χ4n) is 1.92. The lowest BCUT2D eigenvalue weighted by atomic mass is 10.1. The molecule has 0 saturated heterocycles. The van der Waals surface area contributed by atoms with Crippen LogP contribution in [0.4, 0.5) is 11.5 Å². The minimum absolute atomic E-state index is 0.190. The zero-order valence-corrected chi connectivity index (χ0v) is 12.9. The van der Waals surface area contributed by atoms with Crippen LogP contribution < -0.4 is 10.0 Å². The van der Waals surface area contributed by atoms with Gasteiger partial charge in [-0.05, 0) is 37.1 Å². The smallest absolute Gasteiger partial charge is 0.262 e. The van der Waals surface area contributed by atoms with Gasteiger partial charge in [-0.3, -0.25) is 4.72 Å². The Morgan fingerprint density at radius 2 is 1.95 bits per heavy atom. The summed E-state index contributed by atoms with van der Waals surface area (Å²) in [5.74, 6) is 0.544. The van der Waals surface area contributed by atoms with E-state index in [9.17, 15) is 8.42 Å². The largest absolute Gasteiger partial charge is 0.370 e. The maximum Gasteiger partial charge on any atom is 0.262 e. The summed E-state index contributed by atoms with van der Waals surface area (Å²) in [6, 6.07) is 10.4. The molecule has 5 nitrogen and oxygen atoms in total. The van der Waals surface area contributed by atoms with Gasteiger partial charge in [0.25, 0.3) is 10.0 Å². The van der Waals surface area contributed by atoms with Crippen molar-refractivity contribution in [3.05, 3.63) is 48.2 Å². The van der Waals surface area contributed by atoms with Gasteiger partial charge in [-0.25, -0.2) is 13.4 Å². The van der Waals surface area contributed by atoms with Crippen molar-refractivity contribution in [2.24, 2.45) is 0 Å². The third-order valence-corrected chi connectivity index (χ3v) is 4.37. The molecule has 2 aromatic rings. The highest BCUT2D eigenvalue weighted by Crippen LogP contribution is 2.18. The first-order chi connectivity index (χ1) is 10.0. The molecule has 1 aromatic carbocycles. The topological polar surface area (TPSA) is 71.1 Å². The number of pyridine rings is 1. The molecule has 0 bridgehead atoms. The molecule has 0 unspecified atom stereocenters. The summed E-state index contributed by atoms with van der Waals surface area (Å²) < 4.78 is 27.4. The van der Waals surface area contributed by atoms with Gasteiger partial charge in [0, 0.05) is 24.5 Å². The van der Waals surface area contributed by atoms with Crippen molar-refractivity contribution in [2.45, 2.75) is 25.2 Å². The summed E-state index contributed by atoms with van der Waals surface area (Å²) in [5.41, 5.74) is 1.65. The third-order valence-electron chi connectivity index (χ3n) is 2.99. The van der Waals surface area contributed by atoms with Crippen molar-refractivity contribution in [2.75, 3.05) is 16.6 Å². The molecular formula is C15H19N3O2S. The molecule has 0 atom stereocenters. The summed E-state index contributed by atoms with van der Waals surface area (Å²) in [6.45, 7) is 4.64. The Kier molecular flexibility index (Phi) is 4.80. The standard InChI is InChI=1S/C15H19N3O2S/c1-3-12-6-5-7-13(10-12)18-21(19,20)14-8-9-17-15(11-14)16-4-2/h5-11,18H,3-4H2,1-2H3,(H,16,17). The normalized spacial score (nSPS) is 11.1. The number of anilines is 2. The zero-order valence-electron chi connectivity index (χ0n) is 12.1.